The number of carbonyl (C=O) groups excluding carboxylic acids is 1. The maximum atomic E-state index is 12.9. The SMILES string of the molecule is COc1cccc(NC(=O)[C@@H]2CCCN2S(=O)(=O)c2ccc(Cl)cc2)c1. The predicted octanol–water partition coefficient (Wildman–Crippen LogP) is 3.14. The number of benzene rings is 2. The first-order chi connectivity index (χ1) is 12.4. The summed E-state index contributed by atoms with van der Waals surface area (Å²) in [7, 11) is -2.23. The molecular formula is C18H19ClN2O4S. The molecule has 1 heterocycles. The van der Waals surface area contributed by atoms with Crippen molar-refractivity contribution in [2.45, 2.75) is 23.8 Å². The minimum absolute atomic E-state index is 0.128. The van der Waals surface area contributed by atoms with Gasteiger partial charge >= 0.3 is 0 Å². The topological polar surface area (TPSA) is 75.7 Å². The van der Waals surface area contributed by atoms with Crippen molar-refractivity contribution < 1.29 is 17.9 Å². The van der Waals surface area contributed by atoms with Crippen molar-refractivity contribution in [3.05, 3.63) is 53.6 Å². The van der Waals surface area contributed by atoms with Crippen molar-refractivity contribution in [2.24, 2.45) is 0 Å². The zero-order valence-corrected chi connectivity index (χ0v) is 15.8. The van der Waals surface area contributed by atoms with Gasteiger partial charge in [-0.05, 0) is 49.2 Å². The predicted molar refractivity (Wildman–Crippen MR) is 100.0 cm³/mol. The molecule has 26 heavy (non-hydrogen) atoms. The fraction of sp³-hybridized carbons (Fsp3) is 0.278. The van der Waals surface area contributed by atoms with Crippen LogP contribution in [-0.4, -0.2) is 38.3 Å². The van der Waals surface area contributed by atoms with E-state index in [1.54, 1.807) is 31.4 Å². The fourth-order valence-electron chi connectivity index (χ4n) is 2.96. The van der Waals surface area contributed by atoms with Gasteiger partial charge in [-0.2, -0.15) is 4.31 Å². The first kappa shape index (κ1) is 18.7. The van der Waals surface area contributed by atoms with E-state index < -0.39 is 16.1 Å². The number of amides is 1. The van der Waals surface area contributed by atoms with Crippen LogP contribution in [0.5, 0.6) is 5.75 Å². The summed E-state index contributed by atoms with van der Waals surface area (Å²) in [4.78, 5) is 12.8. The third-order valence-electron chi connectivity index (χ3n) is 4.26. The third-order valence-corrected chi connectivity index (χ3v) is 6.44. The number of carbonyl (C=O) groups is 1. The molecule has 0 spiro atoms. The molecular weight excluding hydrogens is 376 g/mol. The molecule has 0 aliphatic carbocycles. The summed E-state index contributed by atoms with van der Waals surface area (Å²) in [5, 5.41) is 3.23. The van der Waals surface area contributed by atoms with E-state index in [9.17, 15) is 13.2 Å². The maximum Gasteiger partial charge on any atom is 0.243 e. The summed E-state index contributed by atoms with van der Waals surface area (Å²) in [6.07, 6.45) is 1.10. The maximum absolute atomic E-state index is 12.9. The van der Waals surface area contributed by atoms with E-state index in [1.807, 2.05) is 0 Å². The van der Waals surface area contributed by atoms with Crippen LogP contribution < -0.4 is 10.1 Å². The molecule has 0 unspecified atom stereocenters. The molecule has 138 valence electrons. The second-order valence-electron chi connectivity index (χ2n) is 5.95. The Kier molecular flexibility index (Phi) is 5.50. The van der Waals surface area contributed by atoms with E-state index in [1.165, 1.54) is 28.6 Å². The van der Waals surface area contributed by atoms with Gasteiger partial charge in [-0.25, -0.2) is 8.42 Å². The molecule has 1 N–H and O–H groups in total. The smallest absolute Gasteiger partial charge is 0.243 e. The first-order valence-electron chi connectivity index (χ1n) is 8.14. The Balaban J connectivity index is 1.80. The van der Waals surface area contributed by atoms with E-state index in [2.05, 4.69) is 5.32 Å². The highest BCUT2D eigenvalue weighted by Crippen LogP contribution is 2.28. The molecule has 0 radical (unpaired) electrons. The molecule has 3 rings (SSSR count). The van der Waals surface area contributed by atoms with Crippen LogP contribution in [0.4, 0.5) is 5.69 Å². The molecule has 0 saturated carbocycles. The van der Waals surface area contributed by atoms with Crippen LogP contribution in [0.15, 0.2) is 53.4 Å². The lowest BCUT2D eigenvalue weighted by molar-refractivity contribution is -0.119. The summed E-state index contributed by atoms with van der Waals surface area (Å²) >= 11 is 5.83. The van der Waals surface area contributed by atoms with Crippen molar-refractivity contribution in [3.8, 4) is 5.75 Å². The van der Waals surface area contributed by atoms with E-state index in [4.69, 9.17) is 16.3 Å². The van der Waals surface area contributed by atoms with Crippen molar-refractivity contribution in [2.75, 3.05) is 19.0 Å². The van der Waals surface area contributed by atoms with Crippen LogP contribution in [-0.2, 0) is 14.8 Å². The van der Waals surface area contributed by atoms with Gasteiger partial charge < -0.3 is 10.1 Å². The Hall–Kier alpha value is -2.09. The molecule has 1 amide bonds. The molecule has 1 saturated heterocycles. The van der Waals surface area contributed by atoms with Crippen molar-refractivity contribution in [3.63, 3.8) is 0 Å². The molecule has 1 atom stereocenters. The molecule has 2 aromatic carbocycles. The van der Waals surface area contributed by atoms with Gasteiger partial charge in [0.2, 0.25) is 15.9 Å². The largest absolute Gasteiger partial charge is 0.497 e. The summed E-state index contributed by atoms with van der Waals surface area (Å²) in [6, 6.07) is 12.1. The molecule has 0 bridgehead atoms. The molecule has 0 aromatic heterocycles. The summed E-state index contributed by atoms with van der Waals surface area (Å²) < 4.78 is 32.2. The number of halogens is 1. The highest BCUT2D eigenvalue weighted by molar-refractivity contribution is 7.89. The molecule has 8 heteroatoms. The third kappa shape index (κ3) is 3.85. The van der Waals surface area contributed by atoms with Gasteiger partial charge in [-0.3, -0.25) is 4.79 Å². The highest BCUT2D eigenvalue weighted by Gasteiger charge is 2.39. The number of nitrogens with one attached hydrogen (secondary N) is 1. The Morgan fingerprint density at radius 3 is 2.65 bits per heavy atom. The fourth-order valence-corrected chi connectivity index (χ4v) is 4.74. The molecule has 1 fully saturated rings. The number of anilines is 1. The van der Waals surface area contributed by atoms with Gasteiger partial charge in [-0.1, -0.05) is 17.7 Å². The monoisotopic (exact) mass is 394 g/mol. The summed E-state index contributed by atoms with van der Waals surface area (Å²) in [5.41, 5.74) is 0.560. The van der Waals surface area contributed by atoms with Gasteiger partial charge in [0.15, 0.2) is 0 Å². The summed E-state index contributed by atoms with van der Waals surface area (Å²) in [6.45, 7) is 0.307. The number of methoxy groups -OCH3 is 1. The molecule has 2 aromatic rings. The van der Waals surface area contributed by atoms with E-state index in [0.29, 0.717) is 35.8 Å². The lowest BCUT2D eigenvalue weighted by Gasteiger charge is -2.23. The van der Waals surface area contributed by atoms with Gasteiger partial charge in [0, 0.05) is 23.3 Å². The van der Waals surface area contributed by atoms with Crippen LogP contribution in [0.25, 0.3) is 0 Å². The second kappa shape index (κ2) is 7.65. The zero-order valence-electron chi connectivity index (χ0n) is 14.2. The average molecular weight is 395 g/mol. The van der Waals surface area contributed by atoms with Crippen LogP contribution in [0, 0.1) is 0 Å². The van der Waals surface area contributed by atoms with Crippen molar-refractivity contribution in [1.82, 2.24) is 4.31 Å². The number of sulfonamides is 1. The molecule has 1 aliphatic heterocycles. The normalized spacial score (nSPS) is 17.8. The van der Waals surface area contributed by atoms with E-state index in [0.717, 1.165) is 0 Å². The van der Waals surface area contributed by atoms with Crippen LogP contribution in [0.3, 0.4) is 0 Å². The number of nitrogens with zero attached hydrogens (tertiary/aromatic N) is 1. The quantitative estimate of drug-likeness (QED) is 0.845. The minimum atomic E-state index is -3.77. The first-order valence-corrected chi connectivity index (χ1v) is 9.96. The Morgan fingerprint density at radius 1 is 1.23 bits per heavy atom. The number of hydrogen-bond acceptors (Lipinski definition) is 4. The Bertz CT molecular complexity index is 900. The van der Waals surface area contributed by atoms with E-state index in [-0.39, 0.29) is 10.8 Å². The molecule has 1 aliphatic rings. The van der Waals surface area contributed by atoms with Gasteiger partial charge in [0.1, 0.15) is 11.8 Å². The van der Waals surface area contributed by atoms with Gasteiger partial charge in [-0.15, -0.1) is 0 Å². The Morgan fingerprint density at radius 2 is 1.96 bits per heavy atom. The zero-order chi connectivity index (χ0) is 18.7. The van der Waals surface area contributed by atoms with Crippen molar-refractivity contribution in [1.29, 1.82) is 0 Å². The Labute approximate surface area is 157 Å². The number of ether oxygens (including phenoxy) is 1. The van der Waals surface area contributed by atoms with Crippen molar-refractivity contribution >= 4 is 33.2 Å². The van der Waals surface area contributed by atoms with E-state index >= 15 is 0 Å². The highest BCUT2D eigenvalue weighted by atomic mass is 35.5. The number of rotatable bonds is 5. The van der Waals surface area contributed by atoms with Crippen LogP contribution in [0.1, 0.15) is 12.8 Å². The average Bonchev–Trinajstić information content (AvgIpc) is 3.13. The van der Waals surface area contributed by atoms with Gasteiger partial charge in [0.25, 0.3) is 0 Å². The minimum Gasteiger partial charge on any atom is -0.497 e. The summed E-state index contributed by atoms with van der Waals surface area (Å²) in [5.74, 6) is 0.258. The second-order valence-corrected chi connectivity index (χ2v) is 8.28. The lowest BCUT2D eigenvalue weighted by Crippen LogP contribution is -2.43. The standard InChI is InChI=1S/C18H19ClN2O4S/c1-25-15-5-2-4-14(12-15)20-18(22)17-6-3-11-21(17)26(23,24)16-9-7-13(19)8-10-16/h2,4-5,7-10,12,17H,3,6,11H2,1H3,(H,20,22)/t17-/m0/s1. The van der Waals surface area contributed by atoms with Crippen LogP contribution >= 0.6 is 11.6 Å². The van der Waals surface area contributed by atoms with Crippen LogP contribution in [0.2, 0.25) is 5.02 Å². The molecule has 6 nitrogen and oxygen atoms in total. The van der Waals surface area contributed by atoms with Gasteiger partial charge in [0.05, 0.1) is 12.0 Å². The number of hydrogen-bond donors (Lipinski definition) is 1. The lowest BCUT2D eigenvalue weighted by atomic mass is 10.2.